The lowest BCUT2D eigenvalue weighted by Gasteiger charge is -2.19. The molecule has 0 aromatic heterocycles. The summed E-state index contributed by atoms with van der Waals surface area (Å²) in [5.74, 6) is 0. The summed E-state index contributed by atoms with van der Waals surface area (Å²) in [4.78, 5) is -1.28. The third-order valence-electron chi connectivity index (χ3n) is 7.89. The highest BCUT2D eigenvalue weighted by Crippen LogP contribution is 2.35. The van der Waals surface area contributed by atoms with Crippen molar-refractivity contribution < 1.29 is 30.5 Å². The highest BCUT2D eigenvalue weighted by molar-refractivity contribution is 7.86. The second kappa shape index (κ2) is 14.4. The third kappa shape index (κ3) is 8.60. The summed E-state index contributed by atoms with van der Waals surface area (Å²) in [6.07, 6.45) is 8.46. The zero-order valence-corrected chi connectivity index (χ0v) is 27.7. The maximum Gasteiger partial charge on any atom is 0.295 e. The van der Waals surface area contributed by atoms with Gasteiger partial charge in [0.25, 0.3) is 20.2 Å². The quantitative estimate of drug-likeness (QED) is 0.118. The van der Waals surface area contributed by atoms with E-state index in [1.165, 1.54) is 11.6 Å². The average molecular weight is 670 g/mol. The van der Waals surface area contributed by atoms with Crippen molar-refractivity contribution in [3.05, 3.63) is 155 Å². The molecule has 1 aliphatic rings. The van der Waals surface area contributed by atoms with E-state index in [1.54, 1.807) is 0 Å². The summed E-state index contributed by atoms with van der Waals surface area (Å²) < 4.78 is 71.1. The molecule has 0 saturated heterocycles. The Balaban J connectivity index is 1.57. The molecule has 0 aliphatic heterocycles. The van der Waals surface area contributed by atoms with Crippen LogP contribution in [0.25, 0.3) is 5.57 Å². The Hall–Kier alpha value is -4.61. The number of anilines is 1. The lowest BCUT2D eigenvalue weighted by molar-refractivity contribution is -0.539. The van der Waals surface area contributed by atoms with Crippen molar-refractivity contribution in [3.63, 3.8) is 0 Å². The Morgan fingerprint density at radius 2 is 1.34 bits per heavy atom. The van der Waals surface area contributed by atoms with E-state index in [0.29, 0.717) is 23.3 Å². The molecule has 1 aliphatic carbocycles. The molecule has 8 nitrogen and oxygen atoms in total. The summed E-state index contributed by atoms with van der Waals surface area (Å²) in [5, 5.41) is 3.50. The van der Waals surface area contributed by atoms with Crippen LogP contribution in [0.1, 0.15) is 36.1 Å². The minimum atomic E-state index is -4.91. The summed E-state index contributed by atoms with van der Waals surface area (Å²) in [6, 6.07) is 31.1. The van der Waals surface area contributed by atoms with Crippen LogP contribution in [0.5, 0.6) is 0 Å². The average Bonchev–Trinajstić information content (AvgIpc) is 3.05. The maximum absolute atomic E-state index is 12.6. The van der Waals surface area contributed by atoms with Crippen molar-refractivity contribution in [2.75, 3.05) is 11.9 Å². The minimum absolute atomic E-state index is 0.0856. The van der Waals surface area contributed by atoms with E-state index in [1.807, 2.05) is 85.0 Å². The summed E-state index contributed by atoms with van der Waals surface area (Å²) in [7, 11) is -9.65. The Labute approximate surface area is 276 Å². The molecule has 5 rings (SSSR count). The third-order valence-corrected chi connectivity index (χ3v) is 9.63. The first-order valence-corrected chi connectivity index (χ1v) is 18.1. The second-order valence-electron chi connectivity index (χ2n) is 11.3. The molecule has 4 aromatic carbocycles. The lowest BCUT2D eigenvalue weighted by Crippen LogP contribution is -2.19. The van der Waals surface area contributed by atoms with Crippen molar-refractivity contribution in [2.24, 2.45) is 0 Å². The van der Waals surface area contributed by atoms with E-state index in [0.717, 1.165) is 42.1 Å². The van der Waals surface area contributed by atoms with Crippen LogP contribution >= 0.6 is 0 Å². The van der Waals surface area contributed by atoms with Crippen molar-refractivity contribution in [1.29, 1.82) is 0 Å². The molecule has 242 valence electrons. The first-order chi connectivity index (χ1) is 22.4. The molecule has 1 atom stereocenters. The van der Waals surface area contributed by atoms with Gasteiger partial charge in [-0.25, -0.2) is 4.58 Å². The fraction of sp³-hybridized carbons (Fsp3) is 0.162. The van der Waals surface area contributed by atoms with Crippen LogP contribution in [0.2, 0.25) is 0 Å². The zero-order chi connectivity index (χ0) is 33.6. The standard InChI is InChI=1S/C37H36N2O6S2/c1-3-39(26-29-12-8-5-9-13-29)33-20-16-31(17-21-33)37(35-23-22-34(46(40,41)42)25-36(35)47(43,44)45)30-14-18-32(19-15-30)38-27(2)24-28-10-6-4-7-11-28/h4-23,25,27H,3,24,26H2,1-2H3,(H2,40,41,42,43,44,45)/p+1. The predicted molar refractivity (Wildman–Crippen MR) is 186 cm³/mol. The Kier molecular flexibility index (Phi) is 10.4. The number of benzene rings is 4. The van der Waals surface area contributed by atoms with Gasteiger partial charge in [0.05, 0.1) is 4.90 Å². The smallest absolute Gasteiger partial charge is 0.295 e. The maximum atomic E-state index is 12.6. The molecule has 47 heavy (non-hydrogen) atoms. The highest BCUT2D eigenvalue weighted by Gasteiger charge is 2.25. The van der Waals surface area contributed by atoms with Gasteiger partial charge < -0.3 is 5.32 Å². The van der Waals surface area contributed by atoms with E-state index in [4.69, 9.17) is 0 Å². The molecule has 0 heterocycles. The second-order valence-corrected chi connectivity index (χ2v) is 14.2. The molecule has 1 unspecified atom stereocenters. The van der Waals surface area contributed by atoms with Crippen LogP contribution in [0.15, 0.2) is 143 Å². The fourth-order valence-corrected chi connectivity index (χ4v) is 6.93. The fourth-order valence-electron chi connectivity index (χ4n) is 5.63. The molecule has 0 spiro atoms. The number of nitrogens with zero attached hydrogens (tertiary/aromatic N) is 1. The topological polar surface area (TPSA) is 124 Å². The van der Waals surface area contributed by atoms with E-state index in [-0.39, 0.29) is 11.6 Å². The van der Waals surface area contributed by atoms with Crippen LogP contribution in [-0.2, 0) is 33.2 Å². The van der Waals surface area contributed by atoms with Gasteiger partial charge in [-0.3, -0.25) is 9.11 Å². The van der Waals surface area contributed by atoms with Crippen LogP contribution in [0, 0.1) is 0 Å². The van der Waals surface area contributed by atoms with Gasteiger partial charge in [-0.05, 0) is 79.0 Å². The van der Waals surface area contributed by atoms with E-state index < -0.39 is 30.0 Å². The number of allylic oxidation sites excluding steroid dienone is 5. The first-order valence-electron chi connectivity index (χ1n) is 15.2. The molecule has 0 saturated carbocycles. The van der Waals surface area contributed by atoms with Crippen LogP contribution in [0.3, 0.4) is 0 Å². The van der Waals surface area contributed by atoms with Gasteiger partial charge in [0.2, 0.25) is 0 Å². The molecule has 4 aromatic rings. The van der Waals surface area contributed by atoms with Crippen LogP contribution in [-0.4, -0.2) is 48.8 Å². The normalized spacial score (nSPS) is 13.8. The Morgan fingerprint density at radius 1 is 0.745 bits per heavy atom. The van der Waals surface area contributed by atoms with Crippen molar-refractivity contribution in [2.45, 2.75) is 42.6 Å². The molecular weight excluding hydrogens is 633 g/mol. The van der Waals surface area contributed by atoms with Crippen molar-refractivity contribution in [3.8, 4) is 0 Å². The van der Waals surface area contributed by atoms with Gasteiger partial charge in [0.1, 0.15) is 11.4 Å². The van der Waals surface area contributed by atoms with Crippen molar-refractivity contribution >= 4 is 37.2 Å². The number of rotatable bonds is 11. The molecule has 3 N–H and O–H groups in total. The Morgan fingerprint density at radius 3 is 1.89 bits per heavy atom. The predicted octanol–water partition coefficient (Wildman–Crippen LogP) is 6.82. The van der Waals surface area contributed by atoms with E-state index in [9.17, 15) is 25.9 Å². The van der Waals surface area contributed by atoms with Gasteiger partial charge in [-0.1, -0.05) is 78.9 Å². The van der Waals surface area contributed by atoms with Crippen LogP contribution < -0.4 is 5.32 Å². The molecule has 10 heteroatoms. The zero-order valence-electron chi connectivity index (χ0n) is 26.1. The monoisotopic (exact) mass is 669 g/mol. The number of nitrogens with one attached hydrogen (secondary N) is 1. The molecular formula is C37H37N2O6S2+. The van der Waals surface area contributed by atoms with E-state index >= 15 is 0 Å². The molecule has 0 radical (unpaired) electrons. The number of hydrogen-bond donors (Lipinski definition) is 3. The molecule has 0 amide bonds. The highest BCUT2D eigenvalue weighted by atomic mass is 32.2. The van der Waals surface area contributed by atoms with Gasteiger partial charge in [-0.15, -0.1) is 0 Å². The van der Waals surface area contributed by atoms with Gasteiger partial charge in [0.15, 0.2) is 12.3 Å². The van der Waals surface area contributed by atoms with Gasteiger partial charge in [0, 0.05) is 35.0 Å². The SMILES string of the molecule is CC[N+](Cc1ccccc1)=C1C=CC(=C(c2ccc(NC(C)Cc3ccccc3)cc2)c2ccc(S(=O)(=O)O)cc2S(=O)(=O)O)C=C1. The molecule has 0 bridgehead atoms. The van der Waals surface area contributed by atoms with Crippen LogP contribution in [0.4, 0.5) is 5.69 Å². The number of hydrogen-bond acceptors (Lipinski definition) is 5. The first kappa shape index (κ1) is 33.7. The summed E-state index contributed by atoms with van der Waals surface area (Å²) in [6.45, 7) is 5.62. The van der Waals surface area contributed by atoms with Crippen molar-refractivity contribution in [1.82, 2.24) is 0 Å². The van der Waals surface area contributed by atoms with E-state index in [2.05, 4.69) is 48.0 Å². The molecule has 0 fully saturated rings. The minimum Gasteiger partial charge on any atom is -0.382 e. The Bertz CT molecular complexity index is 2070. The lowest BCUT2D eigenvalue weighted by atomic mass is 9.90. The van der Waals surface area contributed by atoms with Gasteiger partial charge >= 0.3 is 0 Å². The largest absolute Gasteiger partial charge is 0.382 e. The summed E-state index contributed by atoms with van der Waals surface area (Å²) in [5.41, 5.74) is 6.02. The van der Waals surface area contributed by atoms with Gasteiger partial charge in [-0.2, -0.15) is 16.8 Å². The summed E-state index contributed by atoms with van der Waals surface area (Å²) >= 11 is 0.